The van der Waals surface area contributed by atoms with Crippen LogP contribution in [0.3, 0.4) is 0 Å². The number of ether oxygens (including phenoxy) is 2. The van der Waals surface area contributed by atoms with E-state index in [4.69, 9.17) is 9.47 Å². The van der Waals surface area contributed by atoms with E-state index in [0.29, 0.717) is 0 Å². The van der Waals surface area contributed by atoms with E-state index in [1.54, 1.807) is 0 Å². The van der Waals surface area contributed by atoms with Crippen molar-refractivity contribution in [2.75, 3.05) is 0 Å². The van der Waals surface area contributed by atoms with E-state index in [2.05, 4.69) is 51.5 Å². The van der Waals surface area contributed by atoms with E-state index >= 15 is 0 Å². The van der Waals surface area contributed by atoms with Crippen molar-refractivity contribution < 1.29 is 9.47 Å². The van der Waals surface area contributed by atoms with Crippen LogP contribution in [0.4, 0.5) is 0 Å². The molecule has 90 valence electrons. The first-order valence-electron chi connectivity index (χ1n) is 5.68. The molecule has 16 heavy (non-hydrogen) atoms. The first kappa shape index (κ1) is 11.4. The smallest absolute Gasteiger partial charge is 0.251 e. The molecule has 0 aromatic rings. The molecule has 2 heterocycles. The molecule has 2 aliphatic rings. The molecule has 4 nitrogen and oxygen atoms in total. The maximum atomic E-state index is 5.71. The number of hydrogen-bond acceptors (Lipinski definition) is 4. The van der Waals surface area contributed by atoms with Crippen LogP contribution in [0.15, 0.2) is 9.98 Å². The summed E-state index contributed by atoms with van der Waals surface area (Å²) in [6.45, 7) is 12.4. The van der Waals surface area contributed by atoms with Gasteiger partial charge in [-0.3, -0.25) is 0 Å². The Hall–Kier alpha value is -1.06. The normalized spacial score (nSPS) is 29.1. The Morgan fingerprint density at radius 2 is 1.06 bits per heavy atom. The average molecular weight is 224 g/mol. The lowest BCUT2D eigenvalue weighted by Gasteiger charge is -2.19. The minimum absolute atomic E-state index is 0.0783. The van der Waals surface area contributed by atoms with Gasteiger partial charge in [-0.05, 0) is 0 Å². The fourth-order valence-electron chi connectivity index (χ4n) is 1.56. The van der Waals surface area contributed by atoms with Crippen molar-refractivity contribution >= 4 is 11.8 Å². The topological polar surface area (TPSA) is 43.2 Å². The van der Waals surface area contributed by atoms with Gasteiger partial charge in [0, 0.05) is 10.8 Å². The SMILES string of the molecule is CC(C)(C)C1=NC2OC(C(C)(C)C)=NC2O1. The highest BCUT2D eigenvalue weighted by molar-refractivity contribution is 5.87. The molecule has 0 radical (unpaired) electrons. The molecular weight excluding hydrogens is 204 g/mol. The van der Waals surface area contributed by atoms with E-state index in [1.807, 2.05) is 0 Å². The lowest BCUT2D eigenvalue weighted by Crippen LogP contribution is -2.23. The Morgan fingerprint density at radius 1 is 0.750 bits per heavy atom. The zero-order valence-electron chi connectivity index (χ0n) is 10.9. The quantitative estimate of drug-likeness (QED) is 0.634. The van der Waals surface area contributed by atoms with Gasteiger partial charge in [0.15, 0.2) is 11.8 Å². The Labute approximate surface area is 96.8 Å². The standard InChI is InChI=1S/C12H20N2O2/c1-11(2,3)9-13-7-8(15-9)14-10(16-7)12(4,5)6/h7-8H,1-6H3. The van der Waals surface area contributed by atoms with Gasteiger partial charge in [-0.25, -0.2) is 9.98 Å². The van der Waals surface area contributed by atoms with Gasteiger partial charge in [-0.15, -0.1) is 0 Å². The third kappa shape index (κ3) is 1.93. The Morgan fingerprint density at radius 3 is 1.31 bits per heavy atom. The largest absolute Gasteiger partial charge is 0.449 e. The van der Waals surface area contributed by atoms with E-state index < -0.39 is 0 Å². The van der Waals surface area contributed by atoms with Crippen LogP contribution in [0.5, 0.6) is 0 Å². The molecule has 0 amide bonds. The van der Waals surface area contributed by atoms with Gasteiger partial charge < -0.3 is 9.47 Å². The van der Waals surface area contributed by atoms with Crippen LogP contribution in [-0.2, 0) is 9.47 Å². The summed E-state index contributed by atoms with van der Waals surface area (Å²) < 4.78 is 11.4. The van der Waals surface area contributed by atoms with E-state index in [9.17, 15) is 0 Å². The average Bonchev–Trinajstić information content (AvgIpc) is 2.53. The first-order chi connectivity index (χ1) is 7.18. The van der Waals surface area contributed by atoms with Crippen molar-refractivity contribution in [1.29, 1.82) is 0 Å². The highest BCUT2D eigenvalue weighted by Crippen LogP contribution is 2.33. The lowest BCUT2D eigenvalue weighted by molar-refractivity contribution is 0.102. The number of hydrogen-bond donors (Lipinski definition) is 0. The molecular formula is C12H20N2O2. The molecule has 2 rings (SSSR count). The van der Waals surface area contributed by atoms with Crippen LogP contribution in [0, 0.1) is 10.8 Å². The Kier molecular flexibility index (Phi) is 2.30. The number of rotatable bonds is 0. The minimum Gasteiger partial charge on any atom is -0.449 e. The fourth-order valence-corrected chi connectivity index (χ4v) is 1.56. The molecule has 0 bridgehead atoms. The van der Waals surface area contributed by atoms with E-state index in [1.165, 1.54) is 0 Å². The van der Waals surface area contributed by atoms with Gasteiger partial charge in [0.05, 0.1) is 0 Å². The second-order valence-corrected chi connectivity index (χ2v) is 6.39. The van der Waals surface area contributed by atoms with Gasteiger partial charge in [0.25, 0.3) is 12.5 Å². The number of aliphatic imine (C=N–C) groups is 2. The second kappa shape index (κ2) is 3.22. The van der Waals surface area contributed by atoms with Gasteiger partial charge in [0.2, 0.25) is 0 Å². The monoisotopic (exact) mass is 224 g/mol. The summed E-state index contributed by atoms with van der Waals surface area (Å²) in [4.78, 5) is 8.89. The number of nitrogens with zero attached hydrogens (tertiary/aromatic N) is 2. The van der Waals surface area contributed by atoms with Crippen LogP contribution < -0.4 is 0 Å². The molecule has 0 fully saturated rings. The van der Waals surface area contributed by atoms with Gasteiger partial charge >= 0.3 is 0 Å². The lowest BCUT2D eigenvalue weighted by atomic mass is 9.96. The summed E-state index contributed by atoms with van der Waals surface area (Å²) in [6, 6.07) is 0. The van der Waals surface area contributed by atoms with Crippen LogP contribution in [0.25, 0.3) is 0 Å². The molecule has 0 aromatic heterocycles. The van der Waals surface area contributed by atoms with Crippen LogP contribution in [-0.4, -0.2) is 24.3 Å². The first-order valence-corrected chi connectivity index (χ1v) is 5.68. The molecule has 0 spiro atoms. The summed E-state index contributed by atoms with van der Waals surface area (Å²) in [7, 11) is 0. The predicted octanol–water partition coefficient (Wildman–Crippen LogP) is 2.59. The molecule has 0 saturated carbocycles. The zero-order chi connectivity index (χ0) is 12.1. The third-order valence-electron chi connectivity index (χ3n) is 2.48. The van der Waals surface area contributed by atoms with Gasteiger partial charge in [-0.1, -0.05) is 41.5 Å². The molecule has 2 aliphatic heterocycles. The van der Waals surface area contributed by atoms with Crippen molar-refractivity contribution in [3.8, 4) is 0 Å². The molecule has 0 saturated heterocycles. The highest BCUT2D eigenvalue weighted by atomic mass is 16.6. The number of fused-ring (bicyclic) bond motifs is 1. The zero-order valence-corrected chi connectivity index (χ0v) is 10.9. The van der Waals surface area contributed by atoms with E-state index in [-0.39, 0.29) is 23.3 Å². The Bertz CT molecular complexity index is 322. The molecule has 0 aliphatic carbocycles. The molecule has 0 aromatic carbocycles. The van der Waals surface area contributed by atoms with Crippen LogP contribution in [0.1, 0.15) is 41.5 Å². The van der Waals surface area contributed by atoms with Crippen LogP contribution in [0.2, 0.25) is 0 Å². The maximum absolute atomic E-state index is 5.71. The van der Waals surface area contributed by atoms with Crippen molar-refractivity contribution in [1.82, 2.24) is 0 Å². The van der Waals surface area contributed by atoms with Crippen molar-refractivity contribution in [3.63, 3.8) is 0 Å². The maximum Gasteiger partial charge on any atom is 0.251 e. The van der Waals surface area contributed by atoms with Gasteiger partial charge in [-0.2, -0.15) is 0 Å². The van der Waals surface area contributed by atoms with Crippen molar-refractivity contribution in [2.24, 2.45) is 20.8 Å². The van der Waals surface area contributed by atoms with Crippen molar-refractivity contribution in [2.45, 2.75) is 54.0 Å². The summed E-state index contributed by atoms with van der Waals surface area (Å²) in [5.41, 5.74) is -0.157. The third-order valence-corrected chi connectivity index (χ3v) is 2.48. The minimum atomic E-state index is -0.275. The second-order valence-electron chi connectivity index (χ2n) is 6.39. The summed E-state index contributed by atoms with van der Waals surface area (Å²) >= 11 is 0. The van der Waals surface area contributed by atoms with Crippen LogP contribution >= 0.6 is 0 Å². The van der Waals surface area contributed by atoms with E-state index in [0.717, 1.165) is 11.8 Å². The highest BCUT2D eigenvalue weighted by Gasteiger charge is 2.44. The van der Waals surface area contributed by atoms with Gasteiger partial charge in [0.1, 0.15) is 0 Å². The fraction of sp³-hybridized carbons (Fsp3) is 0.833. The molecule has 0 N–H and O–H groups in total. The van der Waals surface area contributed by atoms with Crippen molar-refractivity contribution in [3.05, 3.63) is 0 Å². The summed E-state index contributed by atoms with van der Waals surface area (Å²) in [5.74, 6) is 1.47. The molecule has 2 unspecified atom stereocenters. The predicted molar refractivity (Wildman–Crippen MR) is 63.5 cm³/mol. The molecule has 2 atom stereocenters. The molecule has 4 heteroatoms. The Balaban J connectivity index is 2.11. The summed E-state index contributed by atoms with van der Waals surface area (Å²) in [5, 5.41) is 0. The summed E-state index contributed by atoms with van der Waals surface area (Å²) in [6.07, 6.45) is -0.549.